The van der Waals surface area contributed by atoms with Crippen LogP contribution in [0.25, 0.3) is 77.4 Å². The van der Waals surface area contributed by atoms with Gasteiger partial charge in [0.1, 0.15) is 16.9 Å². The van der Waals surface area contributed by atoms with E-state index in [-0.39, 0.29) is 5.41 Å². The zero-order valence-electron chi connectivity index (χ0n) is 23.2. The fourth-order valence-electron chi connectivity index (χ4n) is 6.94. The van der Waals surface area contributed by atoms with Crippen LogP contribution in [0.4, 0.5) is 0 Å². The number of benzene rings is 5. The van der Waals surface area contributed by atoms with Gasteiger partial charge in [0.25, 0.3) is 0 Å². The summed E-state index contributed by atoms with van der Waals surface area (Å²) in [5, 5.41) is 5.71. The lowest BCUT2D eigenvalue weighted by Gasteiger charge is -2.21. The number of fused-ring (bicyclic) bond motifs is 10. The molecule has 4 heteroatoms. The number of hydrogen-bond donors (Lipinski definition) is 0. The van der Waals surface area contributed by atoms with E-state index >= 15 is 0 Å². The molecule has 3 heterocycles. The van der Waals surface area contributed by atoms with Gasteiger partial charge in [0, 0.05) is 38.1 Å². The molecule has 0 aliphatic heterocycles. The Morgan fingerprint density at radius 1 is 0.595 bits per heavy atom. The first-order valence-corrected chi connectivity index (χ1v) is 14.3. The summed E-state index contributed by atoms with van der Waals surface area (Å²) < 4.78 is 6.46. The minimum Gasteiger partial charge on any atom is -0.456 e. The summed E-state index contributed by atoms with van der Waals surface area (Å²) in [5.74, 6) is 0. The summed E-state index contributed by atoms with van der Waals surface area (Å²) in [7, 11) is 0. The normalized spacial score (nSPS) is 13.7. The van der Waals surface area contributed by atoms with Crippen LogP contribution in [0.2, 0.25) is 0 Å². The predicted molar refractivity (Wildman–Crippen MR) is 171 cm³/mol. The molecule has 0 spiro atoms. The third-order valence-electron chi connectivity index (χ3n) is 8.95. The van der Waals surface area contributed by atoms with Crippen molar-refractivity contribution < 1.29 is 4.42 Å². The number of aromatic nitrogens is 3. The second-order valence-corrected chi connectivity index (χ2v) is 11.7. The van der Waals surface area contributed by atoms with E-state index in [1.165, 1.54) is 33.0 Å². The Balaban J connectivity index is 1.16. The van der Waals surface area contributed by atoms with E-state index in [0.29, 0.717) is 0 Å². The highest BCUT2D eigenvalue weighted by Crippen LogP contribution is 2.53. The number of pyridine rings is 1. The lowest BCUT2D eigenvalue weighted by molar-refractivity contribution is 0.620. The molecule has 0 bridgehead atoms. The van der Waals surface area contributed by atoms with E-state index in [2.05, 4.69) is 92.7 Å². The Kier molecular flexibility index (Phi) is 4.64. The van der Waals surface area contributed by atoms with Gasteiger partial charge in [-0.3, -0.25) is 9.97 Å². The lowest BCUT2D eigenvalue weighted by atomic mass is 9.81. The lowest BCUT2D eigenvalue weighted by Crippen LogP contribution is -2.15. The molecule has 5 aromatic carbocycles. The third kappa shape index (κ3) is 3.15. The summed E-state index contributed by atoms with van der Waals surface area (Å²) >= 11 is 0. The summed E-state index contributed by atoms with van der Waals surface area (Å²) in [6.45, 7) is 4.58. The maximum atomic E-state index is 6.46. The molecule has 3 aromatic heterocycles. The van der Waals surface area contributed by atoms with Crippen molar-refractivity contribution in [2.45, 2.75) is 19.3 Å². The topological polar surface area (TPSA) is 51.8 Å². The molecule has 4 nitrogen and oxygen atoms in total. The van der Waals surface area contributed by atoms with Gasteiger partial charge >= 0.3 is 0 Å². The first-order chi connectivity index (χ1) is 20.6. The molecule has 0 saturated heterocycles. The highest BCUT2D eigenvalue weighted by Gasteiger charge is 2.38. The molecule has 0 fully saturated rings. The van der Waals surface area contributed by atoms with Crippen molar-refractivity contribution in [2.24, 2.45) is 0 Å². The van der Waals surface area contributed by atoms with Crippen molar-refractivity contribution in [1.29, 1.82) is 0 Å². The molecule has 0 saturated carbocycles. The molecular formula is C38H25N3O. The van der Waals surface area contributed by atoms with Crippen LogP contribution in [0.15, 0.2) is 120 Å². The van der Waals surface area contributed by atoms with Crippen LogP contribution < -0.4 is 0 Å². The monoisotopic (exact) mass is 539 g/mol. The average molecular weight is 540 g/mol. The Morgan fingerprint density at radius 2 is 1.31 bits per heavy atom. The molecule has 8 aromatic rings. The van der Waals surface area contributed by atoms with Gasteiger partial charge in [0.15, 0.2) is 0 Å². The van der Waals surface area contributed by atoms with Gasteiger partial charge in [-0.25, -0.2) is 4.98 Å². The molecule has 0 unspecified atom stereocenters. The summed E-state index contributed by atoms with van der Waals surface area (Å²) in [6, 6.07) is 36.0. The average Bonchev–Trinajstić information content (AvgIpc) is 3.52. The van der Waals surface area contributed by atoms with Gasteiger partial charge in [0.2, 0.25) is 0 Å². The minimum absolute atomic E-state index is 0.186. The minimum atomic E-state index is -0.186. The number of furan rings is 1. The van der Waals surface area contributed by atoms with Crippen LogP contribution in [0.5, 0.6) is 0 Å². The maximum Gasteiger partial charge on any atom is 0.140 e. The maximum absolute atomic E-state index is 6.46. The second-order valence-electron chi connectivity index (χ2n) is 11.7. The van der Waals surface area contributed by atoms with Crippen molar-refractivity contribution in [3.8, 4) is 33.8 Å². The second kappa shape index (κ2) is 8.34. The molecule has 1 aliphatic rings. The number of hydrogen-bond acceptors (Lipinski definition) is 4. The molecular weight excluding hydrogens is 514 g/mol. The number of nitrogens with zero attached hydrogens (tertiary/aromatic N) is 3. The van der Waals surface area contributed by atoms with E-state index in [4.69, 9.17) is 19.4 Å². The van der Waals surface area contributed by atoms with Crippen molar-refractivity contribution in [1.82, 2.24) is 15.0 Å². The van der Waals surface area contributed by atoms with Gasteiger partial charge in [-0.05, 0) is 46.3 Å². The standard InChI is InChI=1S/C38H25N3O/c1-38(2)30-18-15-22(19-29(30)26-16-17-28-25-11-6-8-14-34(25)42-37(28)35(26)38)32-20-40-33(21-39-32)36-27-12-4-3-9-23(27)24-10-5-7-13-31(24)41-36/h3-21H,1-2H3. The molecule has 9 rings (SSSR count). The molecule has 198 valence electrons. The van der Waals surface area contributed by atoms with Gasteiger partial charge in [-0.15, -0.1) is 0 Å². The van der Waals surface area contributed by atoms with Crippen LogP contribution in [0.1, 0.15) is 25.0 Å². The van der Waals surface area contributed by atoms with Gasteiger partial charge in [-0.2, -0.15) is 0 Å². The fraction of sp³-hybridized carbons (Fsp3) is 0.0789. The molecule has 1 aliphatic carbocycles. The zero-order chi connectivity index (χ0) is 28.0. The fourth-order valence-corrected chi connectivity index (χ4v) is 6.94. The Labute approximate surface area is 242 Å². The van der Waals surface area contributed by atoms with Crippen LogP contribution in [0, 0.1) is 0 Å². The summed E-state index contributed by atoms with van der Waals surface area (Å²) in [4.78, 5) is 14.8. The highest BCUT2D eigenvalue weighted by molar-refractivity contribution is 6.11. The third-order valence-corrected chi connectivity index (χ3v) is 8.95. The largest absolute Gasteiger partial charge is 0.456 e. The van der Waals surface area contributed by atoms with E-state index in [9.17, 15) is 0 Å². The van der Waals surface area contributed by atoms with Crippen LogP contribution in [-0.2, 0) is 5.41 Å². The molecule has 42 heavy (non-hydrogen) atoms. The molecule has 0 amide bonds. The summed E-state index contributed by atoms with van der Waals surface area (Å²) in [6.07, 6.45) is 3.72. The van der Waals surface area contributed by atoms with E-state index in [0.717, 1.165) is 55.5 Å². The molecule has 0 atom stereocenters. The van der Waals surface area contributed by atoms with Crippen molar-refractivity contribution in [2.75, 3.05) is 0 Å². The van der Waals surface area contributed by atoms with Crippen molar-refractivity contribution in [3.63, 3.8) is 0 Å². The van der Waals surface area contributed by atoms with E-state index in [1.807, 2.05) is 36.7 Å². The van der Waals surface area contributed by atoms with Crippen LogP contribution in [-0.4, -0.2) is 15.0 Å². The Morgan fingerprint density at radius 3 is 2.14 bits per heavy atom. The SMILES string of the molecule is CC1(C)c2ccc(-c3cnc(-c4nc5ccccc5c5ccccc45)cn3)cc2-c2ccc3c(oc4ccccc43)c21. The van der Waals surface area contributed by atoms with Gasteiger partial charge in [-0.1, -0.05) is 92.7 Å². The van der Waals surface area contributed by atoms with Crippen LogP contribution >= 0.6 is 0 Å². The van der Waals surface area contributed by atoms with Gasteiger partial charge in [0.05, 0.1) is 29.3 Å². The summed E-state index contributed by atoms with van der Waals surface area (Å²) in [5.41, 5.74) is 11.2. The number of rotatable bonds is 2. The quantitative estimate of drug-likeness (QED) is 0.205. The first kappa shape index (κ1) is 23.4. The van der Waals surface area contributed by atoms with E-state index < -0.39 is 0 Å². The first-order valence-electron chi connectivity index (χ1n) is 14.3. The van der Waals surface area contributed by atoms with E-state index in [1.54, 1.807) is 0 Å². The number of para-hydroxylation sites is 2. The molecule has 0 N–H and O–H groups in total. The zero-order valence-corrected chi connectivity index (χ0v) is 23.2. The van der Waals surface area contributed by atoms with Gasteiger partial charge < -0.3 is 4.42 Å². The Bertz CT molecular complexity index is 2380. The smallest absolute Gasteiger partial charge is 0.140 e. The van der Waals surface area contributed by atoms with Crippen molar-refractivity contribution in [3.05, 3.63) is 127 Å². The van der Waals surface area contributed by atoms with Crippen molar-refractivity contribution >= 4 is 43.6 Å². The molecule has 0 radical (unpaired) electrons. The van der Waals surface area contributed by atoms with Crippen LogP contribution in [0.3, 0.4) is 0 Å². The predicted octanol–water partition coefficient (Wildman–Crippen LogP) is 9.72. The highest BCUT2D eigenvalue weighted by atomic mass is 16.3. The Hall–Kier alpha value is -5.35.